The molecule has 3 aliphatic heterocycles. The largest absolute Gasteiger partial charge is 0.493 e. The summed E-state index contributed by atoms with van der Waals surface area (Å²) in [4.78, 5) is 44.3. The summed E-state index contributed by atoms with van der Waals surface area (Å²) < 4.78 is 11.5. The highest BCUT2D eigenvalue weighted by atomic mass is 16.5. The topological polar surface area (TPSA) is 76.2 Å². The van der Waals surface area contributed by atoms with Crippen LogP contribution < -0.4 is 4.74 Å². The Hall–Kier alpha value is -3.35. The number of carbonyl (C=O) groups is 3. The average molecular weight is 463 g/mol. The molecule has 0 aliphatic carbocycles. The third-order valence-corrected chi connectivity index (χ3v) is 7.48. The second kappa shape index (κ2) is 8.15. The second-order valence-corrected chi connectivity index (χ2v) is 9.75. The molecule has 5 rings (SSSR count). The normalized spacial score (nSPS) is 27.6. The molecule has 2 aromatic rings. The summed E-state index contributed by atoms with van der Waals surface area (Å²) in [7, 11) is 0. The Bertz CT molecular complexity index is 1160. The van der Waals surface area contributed by atoms with Crippen molar-refractivity contribution in [2.24, 2.45) is 11.8 Å². The molecule has 2 fully saturated rings. The number of hydrogen-bond donors (Lipinski definition) is 0. The van der Waals surface area contributed by atoms with Gasteiger partial charge in [0.05, 0.1) is 25.2 Å². The van der Waals surface area contributed by atoms with Gasteiger partial charge in [-0.1, -0.05) is 47.5 Å². The molecule has 2 saturated heterocycles. The van der Waals surface area contributed by atoms with Gasteiger partial charge in [-0.3, -0.25) is 14.4 Å². The van der Waals surface area contributed by atoms with Crippen molar-refractivity contribution >= 4 is 17.8 Å². The van der Waals surface area contributed by atoms with Gasteiger partial charge in [0.15, 0.2) is 0 Å². The highest BCUT2D eigenvalue weighted by Crippen LogP contribution is 2.56. The van der Waals surface area contributed by atoms with Crippen molar-refractivity contribution in [1.29, 1.82) is 0 Å². The first-order chi connectivity index (χ1) is 16.3. The number of carbonyl (C=O) groups excluding carboxylic acids is 3. The van der Waals surface area contributed by atoms with Crippen LogP contribution in [-0.2, 0) is 25.7 Å². The Labute approximate surface area is 199 Å². The molecule has 3 heterocycles. The lowest BCUT2D eigenvalue weighted by Crippen LogP contribution is -2.67. The van der Waals surface area contributed by atoms with Crippen LogP contribution in [0.4, 0.5) is 0 Å². The van der Waals surface area contributed by atoms with Crippen LogP contribution in [0.3, 0.4) is 0 Å². The SMILES string of the molecule is CCOC(=O)C1C2COc3ccc(C)cc3C2N2C(=O)CN(Cc3ccc(C)cc3)C(=O)[C@@]12C. The van der Waals surface area contributed by atoms with Crippen LogP contribution in [-0.4, -0.2) is 52.9 Å². The van der Waals surface area contributed by atoms with Crippen LogP contribution in [0, 0.1) is 25.7 Å². The van der Waals surface area contributed by atoms with E-state index in [-0.39, 0.29) is 37.5 Å². The molecule has 7 nitrogen and oxygen atoms in total. The van der Waals surface area contributed by atoms with Gasteiger partial charge in [0.1, 0.15) is 17.8 Å². The van der Waals surface area contributed by atoms with Gasteiger partial charge < -0.3 is 19.3 Å². The van der Waals surface area contributed by atoms with Gasteiger partial charge in [-0.2, -0.15) is 0 Å². The van der Waals surface area contributed by atoms with Gasteiger partial charge in [-0.25, -0.2) is 0 Å². The van der Waals surface area contributed by atoms with Gasteiger partial charge in [-0.15, -0.1) is 0 Å². The Kier molecular flexibility index (Phi) is 5.38. The van der Waals surface area contributed by atoms with E-state index in [1.807, 2.05) is 56.3 Å². The molecule has 0 radical (unpaired) electrons. The molecule has 0 N–H and O–H groups in total. The molecule has 34 heavy (non-hydrogen) atoms. The molecule has 4 atom stereocenters. The Morgan fingerprint density at radius 1 is 1.12 bits per heavy atom. The van der Waals surface area contributed by atoms with Crippen LogP contribution in [0.15, 0.2) is 42.5 Å². The Morgan fingerprint density at radius 2 is 1.82 bits per heavy atom. The van der Waals surface area contributed by atoms with E-state index < -0.39 is 23.5 Å². The van der Waals surface area contributed by atoms with Crippen LogP contribution >= 0.6 is 0 Å². The zero-order valence-corrected chi connectivity index (χ0v) is 20.0. The van der Waals surface area contributed by atoms with Crippen molar-refractivity contribution in [1.82, 2.24) is 9.80 Å². The van der Waals surface area contributed by atoms with E-state index in [4.69, 9.17) is 9.47 Å². The lowest BCUT2D eigenvalue weighted by Gasteiger charge is -2.47. The summed E-state index contributed by atoms with van der Waals surface area (Å²) in [5.74, 6) is -1.34. The molecule has 0 aromatic heterocycles. The molecule has 2 aromatic carbocycles. The molecule has 0 spiro atoms. The van der Waals surface area contributed by atoms with Crippen molar-refractivity contribution in [3.05, 3.63) is 64.7 Å². The van der Waals surface area contributed by atoms with Crippen molar-refractivity contribution in [2.45, 2.75) is 45.8 Å². The maximum Gasteiger partial charge on any atom is 0.312 e. The molecule has 2 amide bonds. The first kappa shape index (κ1) is 22.4. The Balaban J connectivity index is 1.59. The van der Waals surface area contributed by atoms with Crippen LogP contribution in [0.5, 0.6) is 5.75 Å². The van der Waals surface area contributed by atoms with Crippen molar-refractivity contribution in [3.8, 4) is 5.75 Å². The first-order valence-electron chi connectivity index (χ1n) is 11.8. The average Bonchev–Trinajstić information content (AvgIpc) is 3.09. The molecule has 178 valence electrons. The fraction of sp³-hybridized carbons (Fsp3) is 0.444. The van der Waals surface area contributed by atoms with E-state index in [1.54, 1.807) is 23.6 Å². The minimum Gasteiger partial charge on any atom is -0.493 e. The number of piperazine rings is 1. The Morgan fingerprint density at radius 3 is 2.53 bits per heavy atom. The molecule has 3 unspecified atom stereocenters. The predicted molar refractivity (Wildman–Crippen MR) is 125 cm³/mol. The monoisotopic (exact) mass is 462 g/mol. The number of ether oxygens (including phenoxy) is 2. The minimum absolute atomic E-state index is 0.0247. The number of nitrogens with zero attached hydrogens (tertiary/aromatic N) is 2. The highest BCUT2D eigenvalue weighted by molar-refractivity contribution is 6.02. The van der Waals surface area contributed by atoms with Crippen molar-refractivity contribution < 1.29 is 23.9 Å². The maximum absolute atomic E-state index is 14.1. The summed E-state index contributed by atoms with van der Waals surface area (Å²) in [6.45, 7) is 8.19. The van der Waals surface area contributed by atoms with Gasteiger partial charge in [0.25, 0.3) is 0 Å². The van der Waals surface area contributed by atoms with Crippen molar-refractivity contribution in [3.63, 3.8) is 0 Å². The second-order valence-electron chi connectivity index (χ2n) is 9.75. The third-order valence-electron chi connectivity index (χ3n) is 7.48. The third kappa shape index (κ3) is 3.29. The fourth-order valence-corrected chi connectivity index (χ4v) is 5.96. The molecular weight excluding hydrogens is 432 g/mol. The minimum atomic E-state index is -1.35. The number of hydrogen-bond acceptors (Lipinski definition) is 5. The van der Waals surface area contributed by atoms with Crippen LogP contribution in [0.2, 0.25) is 0 Å². The smallest absolute Gasteiger partial charge is 0.312 e. The number of amides is 2. The zero-order valence-electron chi connectivity index (χ0n) is 20.0. The van der Waals surface area contributed by atoms with E-state index >= 15 is 0 Å². The standard InChI is InChI=1S/C27H30N2O5/c1-5-33-25(31)23-20-15-34-21-11-8-17(3)12-19(21)24(20)29-22(30)14-28(26(32)27(23,29)4)13-18-9-6-16(2)7-10-18/h6-12,20,23-24H,5,13-15H2,1-4H3/t20?,23?,24?,27-/m1/s1. The summed E-state index contributed by atoms with van der Waals surface area (Å²) in [5, 5.41) is 0. The lowest BCUT2D eigenvalue weighted by molar-refractivity contribution is -0.170. The van der Waals surface area contributed by atoms with Gasteiger partial charge in [0.2, 0.25) is 11.8 Å². The zero-order chi connectivity index (χ0) is 24.2. The molecular formula is C27H30N2O5. The quantitative estimate of drug-likeness (QED) is 0.653. The van der Waals surface area contributed by atoms with E-state index in [9.17, 15) is 14.4 Å². The first-order valence-corrected chi connectivity index (χ1v) is 11.8. The van der Waals surface area contributed by atoms with E-state index in [1.165, 1.54) is 0 Å². The van der Waals surface area contributed by atoms with Gasteiger partial charge in [-0.05, 0) is 39.3 Å². The molecule has 7 heteroatoms. The van der Waals surface area contributed by atoms with Gasteiger partial charge in [0, 0.05) is 18.0 Å². The molecule has 3 aliphatic rings. The lowest BCUT2D eigenvalue weighted by atomic mass is 9.77. The number of fused-ring (bicyclic) bond motifs is 5. The summed E-state index contributed by atoms with van der Waals surface area (Å²) in [6.07, 6.45) is 0. The number of rotatable bonds is 4. The number of benzene rings is 2. The fourth-order valence-electron chi connectivity index (χ4n) is 5.96. The number of esters is 1. The summed E-state index contributed by atoms with van der Waals surface area (Å²) in [6, 6.07) is 13.3. The molecule has 0 bridgehead atoms. The van der Waals surface area contributed by atoms with E-state index in [2.05, 4.69) is 0 Å². The number of aryl methyl sites for hydroxylation is 2. The highest BCUT2D eigenvalue weighted by Gasteiger charge is 2.69. The summed E-state index contributed by atoms with van der Waals surface area (Å²) in [5.41, 5.74) is 2.59. The molecule has 0 saturated carbocycles. The van der Waals surface area contributed by atoms with Crippen LogP contribution in [0.25, 0.3) is 0 Å². The van der Waals surface area contributed by atoms with Crippen molar-refractivity contribution in [2.75, 3.05) is 19.8 Å². The van der Waals surface area contributed by atoms with Gasteiger partial charge >= 0.3 is 5.97 Å². The van der Waals surface area contributed by atoms with E-state index in [0.29, 0.717) is 12.3 Å². The van der Waals surface area contributed by atoms with Crippen LogP contribution in [0.1, 0.15) is 42.1 Å². The van der Waals surface area contributed by atoms with E-state index in [0.717, 1.165) is 22.3 Å². The maximum atomic E-state index is 14.1. The predicted octanol–water partition coefficient (Wildman–Crippen LogP) is 3.18. The summed E-state index contributed by atoms with van der Waals surface area (Å²) >= 11 is 0.